The number of nitrogens with two attached hydrogens (primary N) is 1. The molecule has 1 aromatic rings. The molecule has 0 aliphatic carbocycles. The lowest BCUT2D eigenvalue weighted by atomic mass is 10.4. The van der Waals surface area contributed by atoms with E-state index in [0.29, 0.717) is 18.1 Å². The summed E-state index contributed by atoms with van der Waals surface area (Å²) < 4.78 is 4.84. The minimum absolute atomic E-state index is 0.130. The number of nitrogens with one attached hydrogen (secondary N) is 1. The Morgan fingerprint density at radius 3 is 3.00 bits per heavy atom. The van der Waals surface area contributed by atoms with Gasteiger partial charge in [0.2, 0.25) is 5.76 Å². The van der Waals surface area contributed by atoms with Crippen LogP contribution in [-0.4, -0.2) is 19.0 Å². The second kappa shape index (κ2) is 4.13. The van der Waals surface area contributed by atoms with Crippen LogP contribution in [0.4, 0.5) is 0 Å². The van der Waals surface area contributed by atoms with Crippen molar-refractivity contribution in [1.29, 1.82) is 0 Å². The third-order valence-electron chi connectivity index (χ3n) is 1.25. The fraction of sp³-hybridized carbons (Fsp3) is 0.286. The number of hydrogen-bond donors (Lipinski definition) is 2. The van der Waals surface area contributed by atoms with Crippen LogP contribution in [0.3, 0.4) is 0 Å². The molecule has 12 heavy (non-hydrogen) atoms. The van der Waals surface area contributed by atoms with Crippen molar-refractivity contribution in [2.75, 3.05) is 13.1 Å². The van der Waals surface area contributed by atoms with Crippen LogP contribution in [0.25, 0.3) is 0 Å². The van der Waals surface area contributed by atoms with Crippen molar-refractivity contribution in [2.45, 2.75) is 0 Å². The summed E-state index contributed by atoms with van der Waals surface area (Å²) in [5.74, 6) is -0.208. The SMILES string of the molecule is NCCNC(=O)c1occc1Cl. The molecule has 0 aliphatic heterocycles. The lowest BCUT2D eigenvalue weighted by Gasteiger charge is -1.99. The maximum absolute atomic E-state index is 11.1. The normalized spacial score (nSPS) is 9.83. The minimum Gasteiger partial charge on any atom is -0.458 e. The smallest absolute Gasteiger partial charge is 0.288 e. The second-order valence-electron chi connectivity index (χ2n) is 2.14. The van der Waals surface area contributed by atoms with E-state index in [0.717, 1.165) is 0 Å². The Kier molecular flexibility index (Phi) is 3.13. The lowest BCUT2D eigenvalue weighted by Crippen LogP contribution is -2.28. The highest BCUT2D eigenvalue weighted by Crippen LogP contribution is 2.15. The molecule has 0 saturated carbocycles. The zero-order valence-electron chi connectivity index (χ0n) is 6.34. The molecule has 0 unspecified atom stereocenters. The Balaban J connectivity index is 2.59. The van der Waals surface area contributed by atoms with Gasteiger partial charge in [0.25, 0.3) is 5.91 Å². The van der Waals surface area contributed by atoms with Gasteiger partial charge >= 0.3 is 0 Å². The summed E-state index contributed by atoms with van der Waals surface area (Å²) in [6, 6.07) is 1.51. The van der Waals surface area contributed by atoms with Gasteiger partial charge in [-0.2, -0.15) is 0 Å². The van der Waals surface area contributed by atoms with E-state index in [9.17, 15) is 4.79 Å². The third kappa shape index (κ3) is 1.99. The fourth-order valence-electron chi connectivity index (χ4n) is 0.722. The van der Waals surface area contributed by atoms with Crippen LogP contribution in [0.15, 0.2) is 16.7 Å². The number of amides is 1. The molecule has 0 spiro atoms. The molecule has 0 atom stereocenters. The van der Waals surface area contributed by atoms with Gasteiger partial charge in [-0.15, -0.1) is 0 Å². The summed E-state index contributed by atoms with van der Waals surface area (Å²) in [5, 5.41) is 2.84. The number of carbonyl (C=O) groups is 1. The van der Waals surface area contributed by atoms with Crippen LogP contribution < -0.4 is 11.1 Å². The predicted octanol–water partition coefficient (Wildman–Crippen LogP) is 0.621. The first-order valence-electron chi connectivity index (χ1n) is 3.47. The van der Waals surface area contributed by atoms with E-state index in [1.54, 1.807) is 0 Å². The van der Waals surface area contributed by atoms with Crippen LogP contribution in [0, 0.1) is 0 Å². The molecule has 0 saturated heterocycles. The lowest BCUT2D eigenvalue weighted by molar-refractivity contribution is 0.0927. The average molecular weight is 189 g/mol. The molecule has 4 nitrogen and oxygen atoms in total. The highest BCUT2D eigenvalue weighted by Gasteiger charge is 2.12. The number of carbonyl (C=O) groups excluding carboxylic acids is 1. The number of halogens is 1. The molecule has 1 heterocycles. The van der Waals surface area contributed by atoms with Crippen LogP contribution in [0.2, 0.25) is 5.02 Å². The van der Waals surface area contributed by atoms with Gasteiger partial charge in [0, 0.05) is 13.1 Å². The Hall–Kier alpha value is -1.00. The van der Waals surface area contributed by atoms with Gasteiger partial charge in [0.05, 0.1) is 11.3 Å². The monoisotopic (exact) mass is 188 g/mol. The number of rotatable bonds is 3. The molecule has 66 valence electrons. The predicted molar refractivity (Wildman–Crippen MR) is 45.1 cm³/mol. The minimum atomic E-state index is -0.338. The van der Waals surface area contributed by atoms with Crippen molar-refractivity contribution in [3.63, 3.8) is 0 Å². The van der Waals surface area contributed by atoms with Gasteiger partial charge in [-0.1, -0.05) is 11.6 Å². The molecule has 0 aromatic carbocycles. The van der Waals surface area contributed by atoms with Gasteiger partial charge in [0.15, 0.2) is 0 Å². The first-order valence-corrected chi connectivity index (χ1v) is 3.84. The van der Waals surface area contributed by atoms with Crippen molar-refractivity contribution in [3.8, 4) is 0 Å². The molecule has 5 heteroatoms. The van der Waals surface area contributed by atoms with E-state index in [1.807, 2.05) is 0 Å². The zero-order chi connectivity index (χ0) is 8.97. The quantitative estimate of drug-likeness (QED) is 0.731. The summed E-state index contributed by atoms with van der Waals surface area (Å²) >= 11 is 5.63. The molecule has 1 aromatic heterocycles. The standard InChI is InChI=1S/C7H9ClN2O2/c8-5-1-4-12-6(5)7(11)10-3-2-9/h1,4H,2-3,9H2,(H,10,11). The Bertz CT molecular complexity index is 272. The Morgan fingerprint density at radius 2 is 2.50 bits per heavy atom. The number of furan rings is 1. The second-order valence-corrected chi connectivity index (χ2v) is 2.55. The molecular weight excluding hydrogens is 180 g/mol. The van der Waals surface area contributed by atoms with E-state index in [2.05, 4.69) is 5.32 Å². The van der Waals surface area contributed by atoms with Crippen LogP contribution >= 0.6 is 11.6 Å². The van der Waals surface area contributed by atoms with Crippen LogP contribution in [-0.2, 0) is 0 Å². The van der Waals surface area contributed by atoms with Crippen molar-refractivity contribution in [1.82, 2.24) is 5.32 Å². The summed E-state index contributed by atoms with van der Waals surface area (Å²) in [7, 11) is 0. The van der Waals surface area contributed by atoms with Crippen molar-refractivity contribution < 1.29 is 9.21 Å². The van der Waals surface area contributed by atoms with Crippen molar-refractivity contribution >= 4 is 17.5 Å². The molecule has 0 radical (unpaired) electrons. The van der Waals surface area contributed by atoms with Crippen molar-refractivity contribution in [2.24, 2.45) is 5.73 Å². The molecule has 3 N–H and O–H groups in total. The van der Waals surface area contributed by atoms with E-state index >= 15 is 0 Å². The molecule has 1 rings (SSSR count). The van der Waals surface area contributed by atoms with Gasteiger partial charge < -0.3 is 15.5 Å². The largest absolute Gasteiger partial charge is 0.458 e. The summed E-state index contributed by atoms with van der Waals surface area (Å²) in [4.78, 5) is 11.1. The van der Waals surface area contributed by atoms with E-state index in [1.165, 1.54) is 12.3 Å². The summed E-state index contributed by atoms with van der Waals surface area (Å²) in [5.41, 5.74) is 5.19. The van der Waals surface area contributed by atoms with Gasteiger partial charge in [-0.3, -0.25) is 4.79 Å². The van der Waals surface area contributed by atoms with Gasteiger partial charge in [-0.25, -0.2) is 0 Å². The first-order chi connectivity index (χ1) is 5.75. The molecule has 0 fully saturated rings. The summed E-state index contributed by atoms with van der Waals surface area (Å²) in [6.45, 7) is 0.805. The van der Waals surface area contributed by atoms with Crippen LogP contribution in [0.1, 0.15) is 10.6 Å². The maximum Gasteiger partial charge on any atom is 0.288 e. The topological polar surface area (TPSA) is 68.3 Å². The van der Waals surface area contributed by atoms with Gasteiger partial charge in [0.1, 0.15) is 0 Å². The first kappa shape index (κ1) is 9.09. The molecule has 1 amide bonds. The van der Waals surface area contributed by atoms with Crippen LogP contribution in [0.5, 0.6) is 0 Å². The highest BCUT2D eigenvalue weighted by atomic mass is 35.5. The van der Waals surface area contributed by atoms with Crippen molar-refractivity contribution in [3.05, 3.63) is 23.1 Å². The Labute approximate surface area is 74.7 Å². The fourth-order valence-corrected chi connectivity index (χ4v) is 0.904. The zero-order valence-corrected chi connectivity index (χ0v) is 7.10. The van der Waals surface area contributed by atoms with E-state index in [4.69, 9.17) is 21.8 Å². The summed E-state index contributed by atoms with van der Waals surface area (Å²) in [6.07, 6.45) is 1.36. The number of hydrogen-bond acceptors (Lipinski definition) is 3. The average Bonchev–Trinajstić information content (AvgIpc) is 2.47. The Morgan fingerprint density at radius 1 is 1.75 bits per heavy atom. The maximum atomic E-state index is 11.1. The molecule has 0 bridgehead atoms. The highest BCUT2D eigenvalue weighted by molar-refractivity contribution is 6.33. The molecule has 0 aliphatic rings. The van der Waals surface area contributed by atoms with Gasteiger partial charge in [-0.05, 0) is 6.07 Å². The van der Waals surface area contributed by atoms with E-state index < -0.39 is 0 Å². The third-order valence-corrected chi connectivity index (χ3v) is 1.55. The molecular formula is C7H9ClN2O2. The van der Waals surface area contributed by atoms with E-state index in [-0.39, 0.29) is 11.7 Å².